The van der Waals surface area contributed by atoms with Crippen molar-refractivity contribution in [2.45, 2.75) is 24.1 Å². The van der Waals surface area contributed by atoms with Gasteiger partial charge in [-0.15, -0.1) is 0 Å². The van der Waals surface area contributed by atoms with Crippen LogP contribution in [0.15, 0.2) is 6.07 Å². The summed E-state index contributed by atoms with van der Waals surface area (Å²) in [5.41, 5.74) is 0.457. The maximum Gasteiger partial charge on any atom is 0.235 e. The van der Waals surface area contributed by atoms with Crippen LogP contribution in [0.3, 0.4) is 0 Å². The molecular formula is C10H9BrFN3O2. The zero-order valence-electron chi connectivity index (χ0n) is 8.74. The second kappa shape index (κ2) is 4.87. The van der Waals surface area contributed by atoms with E-state index in [1.165, 1.54) is 6.07 Å². The number of carbonyl (C=O) groups is 2. The zero-order valence-corrected chi connectivity index (χ0v) is 10.3. The second-order valence-electron chi connectivity index (χ2n) is 3.70. The molecule has 5 nitrogen and oxygen atoms in total. The van der Waals surface area contributed by atoms with E-state index in [4.69, 9.17) is 0 Å². The lowest BCUT2D eigenvalue weighted by Crippen LogP contribution is -2.39. The average molecular weight is 302 g/mol. The Hall–Kier alpha value is -1.37. The largest absolute Gasteiger partial charge is 0.296 e. The SMILES string of the molecule is O=C1CCC(c2cc(F)c(CBr)nn2)C(=O)N1. The number of amides is 2. The van der Waals surface area contributed by atoms with E-state index >= 15 is 0 Å². The second-order valence-corrected chi connectivity index (χ2v) is 4.26. The summed E-state index contributed by atoms with van der Waals surface area (Å²) < 4.78 is 13.5. The summed E-state index contributed by atoms with van der Waals surface area (Å²) in [6, 6.07) is 1.20. The molecule has 2 heterocycles. The van der Waals surface area contributed by atoms with Gasteiger partial charge >= 0.3 is 0 Å². The maximum absolute atomic E-state index is 13.5. The van der Waals surface area contributed by atoms with Gasteiger partial charge in [-0.05, 0) is 6.42 Å². The van der Waals surface area contributed by atoms with Gasteiger partial charge in [-0.2, -0.15) is 10.2 Å². The number of nitrogens with one attached hydrogen (secondary N) is 1. The van der Waals surface area contributed by atoms with Crippen LogP contribution in [-0.4, -0.2) is 22.0 Å². The number of hydrogen-bond acceptors (Lipinski definition) is 4. The molecule has 0 spiro atoms. The Morgan fingerprint density at radius 3 is 2.82 bits per heavy atom. The summed E-state index contributed by atoms with van der Waals surface area (Å²) in [6.45, 7) is 0. The third-order valence-electron chi connectivity index (χ3n) is 2.56. The van der Waals surface area contributed by atoms with E-state index in [-0.39, 0.29) is 29.0 Å². The van der Waals surface area contributed by atoms with E-state index in [2.05, 4.69) is 31.4 Å². The van der Waals surface area contributed by atoms with Crippen LogP contribution in [-0.2, 0) is 14.9 Å². The van der Waals surface area contributed by atoms with Crippen LogP contribution in [0.1, 0.15) is 30.1 Å². The van der Waals surface area contributed by atoms with Crippen molar-refractivity contribution < 1.29 is 14.0 Å². The lowest BCUT2D eigenvalue weighted by Gasteiger charge is -2.19. The van der Waals surface area contributed by atoms with Gasteiger partial charge in [0.1, 0.15) is 11.5 Å². The van der Waals surface area contributed by atoms with Crippen molar-refractivity contribution in [3.05, 3.63) is 23.3 Å². The van der Waals surface area contributed by atoms with Gasteiger partial charge in [0, 0.05) is 12.5 Å². The predicted molar refractivity (Wildman–Crippen MR) is 59.7 cm³/mol. The first-order valence-electron chi connectivity index (χ1n) is 5.03. The van der Waals surface area contributed by atoms with Gasteiger partial charge < -0.3 is 0 Å². The molecule has 7 heteroatoms. The molecule has 1 fully saturated rings. The van der Waals surface area contributed by atoms with E-state index in [0.29, 0.717) is 6.42 Å². The molecule has 0 aliphatic carbocycles. The number of piperidine rings is 1. The minimum atomic E-state index is -0.598. The standard InChI is InChI=1S/C10H9BrFN3O2/c11-4-8-6(12)3-7(14-15-8)5-1-2-9(16)13-10(5)17/h3,5H,1-2,4H2,(H,13,16,17). The first-order valence-corrected chi connectivity index (χ1v) is 6.15. The highest BCUT2D eigenvalue weighted by atomic mass is 79.9. The number of aromatic nitrogens is 2. The van der Waals surface area contributed by atoms with Crippen LogP contribution in [0.4, 0.5) is 4.39 Å². The predicted octanol–water partition coefficient (Wildman–Crippen LogP) is 1.03. The number of imide groups is 1. The van der Waals surface area contributed by atoms with Gasteiger partial charge in [-0.3, -0.25) is 14.9 Å². The van der Waals surface area contributed by atoms with Crippen molar-refractivity contribution in [2.24, 2.45) is 0 Å². The number of alkyl halides is 1. The van der Waals surface area contributed by atoms with Gasteiger partial charge in [-0.25, -0.2) is 4.39 Å². The Morgan fingerprint density at radius 1 is 1.47 bits per heavy atom. The molecule has 1 N–H and O–H groups in total. The molecule has 17 heavy (non-hydrogen) atoms. The van der Waals surface area contributed by atoms with E-state index in [1.54, 1.807) is 0 Å². The van der Waals surface area contributed by atoms with Crippen LogP contribution in [0.2, 0.25) is 0 Å². The smallest absolute Gasteiger partial charge is 0.235 e. The Labute approximate surface area is 105 Å². The van der Waals surface area contributed by atoms with E-state index in [1.807, 2.05) is 0 Å². The molecule has 1 unspecified atom stereocenters. The summed E-state index contributed by atoms with van der Waals surface area (Å²) in [5.74, 6) is -1.85. The molecule has 1 aliphatic heterocycles. The molecule has 0 aromatic carbocycles. The minimum absolute atomic E-state index is 0.195. The van der Waals surface area contributed by atoms with Gasteiger partial charge in [-0.1, -0.05) is 15.9 Å². The van der Waals surface area contributed by atoms with Gasteiger partial charge in [0.2, 0.25) is 11.8 Å². The van der Waals surface area contributed by atoms with Crippen molar-refractivity contribution >= 4 is 27.7 Å². The van der Waals surface area contributed by atoms with E-state index < -0.39 is 17.6 Å². The third-order valence-corrected chi connectivity index (χ3v) is 3.09. The lowest BCUT2D eigenvalue weighted by atomic mass is 9.94. The quantitative estimate of drug-likeness (QED) is 0.654. The maximum atomic E-state index is 13.5. The molecular weight excluding hydrogens is 293 g/mol. The zero-order chi connectivity index (χ0) is 12.4. The summed E-state index contributed by atoms with van der Waals surface area (Å²) in [5, 5.41) is 9.97. The lowest BCUT2D eigenvalue weighted by molar-refractivity contribution is -0.134. The van der Waals surface area contributed by atoms with Crippen LogP contribution in [0.25, 0.3) is 0 Å². The van der Waals surface area contributed by atoms with Crippen molar-refractivity contribution in [1.29, 1.82) is 0 Å². The van der Waals surface area contributed by atoms with E-state index in [0.717, 1.165) is 0 Å². The monoisotopic (exact) mass is 301 g/mol. The summed E-state index contributed by atoms with van der Waals surface area (Å²) >= 11 is 3.08. The first kappa shape index (κ1) is 12.1. The van der Waals surface area contributed by atoms with Gasteiger partial charge in [0.05, 0.1) is 16.9 Å². The molecule has 1 aliphatic rings. The first-order chi connectivity index (χ1) is 8.11. The molecule has 90 valence electrons. The fraction of sp³-hybridized carbons (Fsp3) is 0.400. The summed E-state index contributed by atoms with van der Waals surface area (Å²) in [6.07, 6.45) is 0.576. The highest BCUT2D eigenvalue weighted by Gasteiger charge is 2.29. The molecule has 1 saturated heterocycles. The van der Waals surface area contributed by atoms with Crippen LogP contribution in [0.5, 0.6) is 0 Å². The summed E-state index contributed by atoms with van der Waals surface area (Å²) in [7, 11) is 0. The van der Waals surface area contributed by atoms with Crippen molar-refractivity contribution in [2.75, 3.05) is 0 Å². The third kappa shape index (κ3) is 2.49. The van der Waals surface area contributed by atoms with Gasteiger partial charge in [0.25, 0.3) is 0 Å². The topological polar surface area (TPSA) is 72.0 Å². The molecule has 1 aromatic heterocycles. The highest BCUT2D eigenvalue weighted by Crippen LogP contribution is 2.23. The van der Waals surface area contributed by atoms with Crippen LogP contribution < -0.4 is 5.32 Å². The molecule has 2 rings (SSSR count). The number of hydrogen-bond donors (Lipinski definition) is 1. The molecule has 0 radical (unpaired) electrons. The van der Waals surface area contributed by atoms with Crippen LogP contribution >= 0.6 is 15.9 Å². The number of rotatable bonds is 2. The molecule has 0 saturated carbocycles. The Bertz CT molecular complexity index is 481. The number of halogens is 2. The van der Waals surface area contributed by atoms with Crippen molar-refractivity contribution in [3.63, 3.8) is 0 Å². The number of nitrogens with zero attached hydrogens (tertiary/aromatic N) is 2. The fourth-order valence-electron chi connectivity index (χ4n) is 1.64. The molecule has 0 bridgehead atoms. The van der Waals surface area contributed by atoms with Crippen LogP contribution in [0, 0.1) is 5.82 Å². The summed E-state index contributed by atoms with van der Waals surface area (Å²) in [4.78, 5) is 22.5. The van der Waals surface area contributed by atoms with Crippen molar-refractivity contribution in [3.8, 4) is 0 Å². The minimum Gasteiger partial charge on any atom is -0.296 e. The normalized spacial score (nSPS) is 20.2. The van der Waals surface area contributed by atoms with Gasteiger partial charge in [0.15, 0.2) is 0 Å². The Kier molecular flexibility index (Phi) is 3.46. The fourth-order valence-corrected chi connectivity index (χ4v) is 2.02. The number of carbonyl (C=O) groups excluding carboxylic acids is 2. The Morgan fingerprint density at radius 2 is 2.24 bits per heavy atom. The average Bonchev–Trinajstić information content (AvgIpc) is 2.29. The van der Waals surface area contributed by atoms with E-state index in [9.17, 15) is 14.0 Å². The Balaban J connectivity index is 2.25. The highest BCUT2D eigenvalue weighted by molar-refractivity contribution is 9.08. The van der Waals surface area contributed by atoms with Crippen molar-refractivity contribution in [1.82, 2.24) is 15.5 Å². The molecule has 2 amide bonds. The molecule has 1 aromatic rings. The molecule has 1 atom stereocenters.